The molecule has 1 fully saturated rings. The number of carbonyl (C=O) groups is 1. The van der Waals surface area contributed by atoms with Crippen molar-refractivity contribution in [3.63, 3.8) is 0 Å². The number of nitrogens with zero attached hydrogens (tertiary/aromatic N) is 7. The molecule has 1 amide bonds. The van der Waals surface area contributed by atoms with E-state index in [0.717, 1.165) is 34.8 Å². The fourth-order valence-electron chi connectivity index (χ4n) is 6.87. The summed E-state index contributed by atoms with van der Waals surface area (Å²) in [6.07, 6.45) is -0.341. The van der Waals surface area contributed by atoms with Crippen molar-refractivity contribution in [1.29, 1.82) is 0 Å². The number of amides is 1. The molecule has 1 aliphatic heterocycles. The van der Waals surface area contributed by atoms with Gasteiger partial charge in [0.1, 0.15) is 12.4 Å². The van der Waals surface area contributed by atoms with Crippen LogP contribution < -0.4 is 5.56 Å². The van der Waals surface area contributed by atoms with Crippen LogP contribution in [0.1, 0.15) is 67.3 Å². The number of hydrogen-bond acceptors (Lipinski definition) is 6. The quantitative estimate of drug-likeness (QED) is 0.113. The highest BCUT2D eigenvalue weighted by Crippen LogP contribution is 2.36. The molecule has 10 nitrogen and oxygen atoms in total. The van der Waals surface area contributed by atoms with Crippen LogP contribution in [-0.2, 0) is 24.7 Å². The Bertz CT molecular complexity index is 2310. The summed E-state index contributed by atoms with van der Waals surface area (Å²) in [5, 5.41) is 3.85. The van der Waals surface area contributed by atoms with E-state index < -0.39 is 50.7 Å². The van der Waals surface area contributed by atoms with Crippen molar-refractivity contribution >= 4 is 35.9 Å². The van der Waals surface area contributed by atoms with Crippen molar-refractivity contribution in [3.05, 3.63) is 87.7 Å². The number of piperidine rings is 1. The van der Waals surface area contributed by atoms with Gasteiger partial charge in [-0.05, 0) is 80.7 Å². The Kier molecular flexibility index (Phi) is 8.07. The fourth-order valence-corrected chi connectivity index (χ4v) is 7.63. The average molecular weight is 728 g/mol. The topological polar surface area (TPSA) is 90.4 Å². The van der Waals surface area contributed by atoms with E-state index in [2.05, 4.69) is 41.5 Å². The lowest BCUT2D eigenvalue weighted by Gasteiger charge is -2.36. The van der Waals surface area contributed by atoms with E-state index in [9.17, 15) is 22.8 Å². The summed E-state index contributed by atoms with van der Waals surface area (Å²) in [4.78, 5) is 33.7. The molecule has 14 heteroatoms. The third-order valence-electron chi connectivity index (χ3n) is 9.82. The van der Waals surface area contributed by atoms with Gasteiger partial charge in [-0.2, -0.15) is 18.3 Å². The van der Waals surface area contributed by atoms with E-state index >= 15 is 0 Å². The van der Waals surface area contributed by atoms with Crippen LogP contribution in [0, 0.1) is 0 Å². The smallest absolute Gasteiger partial charge is 0.360 e. The van der Waals surface area contributed by atoms with E-state index in [0.29, 0.717) is 36.4 Å². The molecule has 1 saturated heterocycles. The minimum atomic E-state index is -4.87. The van der Waals surface area contributed by atoms with Crippen LogP contribution in [0.4, 0.5) is 13.2 Å². The predicted octanol–water partition coefficient (Wildman–Crippen LogP) is 7.05. The van der Waals surface area contributed by atoms with Gasteiger partial charge in [0.05, 0.1) is 16.6 Å². The Morgan fingerprint density at radius 2 is 1.82 bits per heavy atom. The lowest BCUT2D eigenvalue weighted by molar-refractivity contribution is -0.140. The van der Waals surface area contributed by atoms with Gasteiger partial charge in [0, 0.05) is 79.0 Å². The number of aromatic nitrogens is 5. The molecule has 0 N–H and O–H groups in total. The second kappa shape index (κ2) is 14.0. The average Bonchev–Trinajstić information content (AvgIpc) is 3.67. The summed E-state index contributed by atoms with van der Waals surface area (Å²) in [7, 11) is 0.428. The third-order valence-corrected chi connectivity index (χ3v) is 11.5. The third kappa shape index (κ3) is 7.40. The first-order chi connectivity index (χ1) is 26.5. The number of rotatable bonds is 10. The number of pyridine rings is 2. The summed E-state index contributed by atoms with van der Waals surface area (Å²) in [5.41, 5.74) is 0.668. The number of alkyl halides is 3. The molecule has 0 saturated carbocycles. The molecule has 0 bridgehead atoms. The van der Waals surface area contributed by atoms with Crippen molar-refractivity contribution < 1.29 is 30.9 Å². The molecule has 1 atom stereocenters. The number of aryl methyl sites for hydroxylation is 1. The van der Waals surface area contributed by atoms with Crippen molar-refractivity contribution in [2.45, 2.75) is 70.3 Å². The van der Waals surface area contributed by atoms with Crippen LogP contribution in [0.5, 0.6) is 0 Å². The molecule has 272 valence electrons. The molecular weight excluding hydrogens is 676 g/mol. The molecular formula is C37H46F3N7O3Si. The summed E-state index contributed by atoms with van der Waals surface area (Å²) >= 11 is 0. The van der Waals surface area contributed by atoms with E-state index in [4.69, 9.17) is 13.0 Å². The minimum Gasteiger partial charge on any atom is -0.360 e. The first-order valence-corrected chi connectivity index (χ1v) is 20.6. The maximum absolute atomic E-state index is 14.3. The SMILES string of the molecule is [2H]C([2H])([2H])N(C(=O)c1ccc(C2CCN([C@@H](C)c3cc4c(-n5ccc6c(c(C(F)(F)F)nn6COCC[Si](C)(C)C)c5=O)ccnc4n3C)CC2)cc1)C([2H])([2H])[2H]. The van der Waals surface area contributed by atoms with Gasteiger partial charge in [-0.15, -0.1) is 0 Å². The molecule has 5 heterocycles. The number of fused-ring (bicyclic) bond motifs is 2. The normalized spacial score (nSPS) is 17.8. The Morgan fingerprint density at radius 1 is 1.12 bits per heavy atom. The zero-order valence-electron chi connectivity index (χ0n) is 35.3. The maximum Gasteiger partial charge on any atom is 0.435 e. The molecule has 5 aromatic rings. The standard InChI is InChI=1S/C37H46F3N7O3Si/c1-24(45-17-13-26(14-18-45)25-8-10-27(11-9-25)35(48)43(2)3)31-22-28-29(12-16-41-34(28)44(31)4)46-19-15-30-32(36(46)49)33(37(38,39)40)42-47(30)23-50-20-21-51(5,6)7/h8-12,15-16,19,22,24,26H,13-14,17-18,20-21,23H2,1-7H3/t24-/m0/s1/i2D3,3D3. The van der Waals surface area contributed by atoms with Gasteiger partial charge in [-0.3, -0.25) is 19.1 Å². The van der Waals surface area contributed by atoms with Gasteiger partial charge >= 0.3 is 6.18 Å². The number of carbonyl (C=O) groups excluding carboxylic acids is 1. The summed E-state index contributed by atoms with van der Waals surface area (Å²) < 4.78 is 98.1. The largest absolute Gasteiger partial charge is 0.435 e. The van der Waals surface area contributed by atoms with Gasteiger partial charge < -0.3 is 14.2 Å². The van der Waals surface area contributed by atoms with Crippen molar-refractivity contribution in [3.8, 4) is 5.69 Å². The van der Waals surface area contributed by atoms with Crippen LogP contribution in [0.15, 0.2) is 59.7 Å². The van der Waals surface area contributed by atoms with Crippen molar-refractivity contribution in [2.75, 3.05) is 33.6 Å². The molecule has 4 aromatic heterocycles. The van der Waals surface area contributed by atoms with E-state index in [1.165, 1.54) is 35.2 Å². The van der Waals surface area contributed by atoms with Crippen LogP contribution >= 0.6 is 0 Å². The van der Waals surface area contributed by atoms with E-state index in [-0.39, 0.29) is 34.7 Å². The predicted molar refractivity (Wildman–Crippen MR) is 195 cm³/mol. The molecule has 0 aliphatic carbocycles. The summed E-state index contributed by atoms with van der Waals surface area (Å²) in [6, 6.07) is 12.1. The lowest BCUT2D eigenvalue weighted by atomic mass is 9.88. The van der Waals surface area contributed by atoms with Crippen molar-refractivity contribution in [1.82, 2.24) is 33.7 Å². The number of hydrogen-bond donors (Lipinski definition) is 0. The van der Waals surface area contributed by atoms with Crippen LogP contribution in [0.3, 0.4) is 0 Å². The zero-order valence-corrected chi connectivity index (χ0v) is 30.3. The molecule has 0 unspecified atom stereocenters. The highest BCUT2D eigenvalue weighted by Gasteiger charge is 2.38. The molecule has 0 spiro atoms. The van der Waals surface area contributed by atoms with E-state index in [1.54, 1.807) is 18.2 Å². The first kappa shape index (κ1) is 29.3. The molecule has 51 heavy (non-hydrogen) atoms. The van der Waals surface area contributed by atoms with Gasteiger partial charge in [0.15, 0.2) is 5.69 Å². The van der Waals surface area contributed by atoms with Gasteiger partial charge in [0.2, 0.25) is 0 Å². The minimum absolute atomic E-state index is 0.0309. The second-order valence-electron chi connectivity index (χ2n) is 14.4. The first-order valence-electron chi connectivity index (χ1n) is 19.9. The van der Waals surface area contributed by atoms with Crippen LogP contribution in [0.2, 0.25) is 25.7 Å². The number of likely N-dealkylation sites (tertiary alicyclic amines) is 1. The van der Waals surface area contributed by atoms with Crippen LogP contribution in [0.25, 0.3) is 27.6 Å². The van der Waals surface area contributed by atoms with Gasteiger partial charge in [-0.25, -0.2) is 9.67 Å². The lowest BCUT2D eigenvalue weighted by Crippen LogP contribution is -2.35. The summed E-state index contributed by atoms with van der Waals surface area (Å²) in [6.45, 7) is 3.89. The molecule has 1 aliphatic rings. The van der Waals surface area contributed by atoms with E-state index in [1.807, 2.05) is 17.7 Å². The molecule has 1 aromatic carbocycles. The number of benzene rings is 1. The van der Waals surface area contributed by atoms with Crippen molar-refractivity contribution in [2.24, 2.45) is 7.05 Å². The Balaban J connectivity index is 1.22. The zero-order chi connectivity index (χ0) is 41.8. The molecule has 0 radical (unpaired) electrons. The number of ether oxygens (including phenoxy) is 1. The highest BCUT2D eigenvalue weighted by molar-refractivity contribution is 6.76. The van der Waals surface area contributed by atoms with Crippen LogP contribution in [-0.4, -0.2) is 81.3 Å². The highest BCUT2D eigenvalue weighted by atomic mass is 28.3. The Morgan fingerprint density at radius 3 is 2.47 bits per heavy atom. The monoisotopic (exact) mass is 727 g/mol. The van der Waals surface area contributed by atoms with Gasteiger partial charge in [-0.1, -0.05) is 31.8 Å². The second-order valence-corrected chi connectivity index (χ2v) is 20.0. The Hall–Kier alpha value is -4.27. The maximum atomic E-state index is 14.3. The summed E-state index contributed by atoms with van der Waals surface area (Å²) in [5.74, 6) is -0.955. The molecule has 6 rings (SSSR count). The fraction of sp³-hybridized carbons (Fsp3) is 0.459. The Labute approximate surface area is 304 Å². The van der Waals surface area contributed by atoms with Gasteiger partial charge in [0.25, 0.3) is 11.5 Å². The number of halogens is 3.